The third kappa shape index (κ3) is 4.95. The van der Waals surface area contributed by atoms with Gasteiger partial charge < -0.3 is 15.1 Å². The molecule has 2 aliphatic rings. The fraction of sp³-hybridized carbons (Fsp3) is 0.619. The minimum absolute atomic E-state index is 0.0358. The van der Waals surface area contributed by atoms with Gasteiger partial charge in [0.05, 0.1) is 4.90 Å². The van der Waals surface area contributed by atoms with E-state index in [4.69, 9.17) is 0 Å². The summed E-state index contributed by atoms with van der Waals surface area (Å²) in [6.45, 7) is 7.55. The van der Waals surface area contributed by atoms with Crippen molar-refractivity contribution in [2.45, 2.75) is 44.4 Å². The van der Waals surface area contributed by atoms with E-state index in [0.717, 1.165) is 12.8 Å². The summed E-state index contributed by atoms with van der Waals surface area (Å²) in [6, 6.07) is 6.41. The van der Waals surface area contributed by atoms with Crippen LogP contribution in [0.5, 0.6) is 0 Å². The number of carbonyl (C=O) groups is 2. The van der Waals surface area contributed by atoms with Crippen molar-refractivity contribution in [2.24, 2.45) is 5.92 Å². The molecule has 0 bridgehead atoms. The summed E-state index contributed by atoms with van der Waals surface area (Å²) in [5.41, 5.74) is 0.585. The molecule has 30 heavy (non-hydrogen) atoms. The van der Waals surface area contributed by atoms with Crippen molar-refractivity contribution in [3.63, 3.8) is 0 Å². The quantitative estimate of drug-likeness (QED) is 0.742. The normalized spacial score (nSPS) is 18.4. The number of sulfonamides is 1. The van der Waals surface area contributed by atoms with Crippen molar-refractivity contribution >= 4 is 27.6 Å². The van der Waals surface area contributed by atoms with Gasteiger partial charge in [-0.25, -0.2) is 13.2 Å². The zero-order valence-electron chi connectivity index (χ0n) is 17.8. The Balaban J connectivity index is 1.54. The number of nitrogens with one attached hydrogen (secondary N) is 1. The van der Waals surface area contributed by atoms with Crippen molar-refractivity contribution < 1.29 is 18.0 Å². The van der Waals surface area contributed by atoms with Gasteiger partial charge in [0.25, 0.3) is 0 Å². The molecule has 0 saturated carbocycles. The minimum Gasteiger partial charge on any atom is -0.326 e. The highest BCUT2D eigenvalue weighted by Crippen LogP contribution is 2.24. The van der Waals surface area contributed by atoms with E-state index in [1.807, 2.05) is 18.7 Å². The fourth-order valence-corrected chi connectivity index (χ4v) is 5.58. The number of urea groups is 1. The van der Waals surface area contributed by atoms with Crippen molar-refractivity contribution in [2.75, 3.05) is 44.6 Å². The van der Waals surface area contributed by atoms with E-state index < -0.39 is 10.0 Å². The molecular weight excluding hydrogens is 404 g/mol. The first-order valence-corrected chi connectivity index (χ1v) is 12.3. The predicted molar refractivity (Wildman–Crippen MR) is 116 cm³/mol. The van der Waals surface area contributed by atoms with Gasteiger partial charge in [0.15, 0.2) is 0 Å². The van der Waals surface area contributed by atoms with Crippen molar-refractivity contribution in [3.8, 4) is 0 Å². The van der Waals surface area contributed by atoms with Gasteiger partial charge in [0.1, 0.15) is 0 Å². The fourth-order valence-electron chi connectivity index (χ4n) is 4.06. The van der Waals surface area contributed by atoms with Crippen LogP contribution in [0.1, 0.15) is 39.5 Å². The molecule has 1 aromatic rings. The zero-order valence-corrected chi connectivity index (χ0v) is 18.7. The maximum atomic E-state index is 12.6. The Hall–Kier alpha value is -2.13. The summed E-state index contributed by atoms with van der Waals surface area (Å²) >= 11 is 0. The van der Waals surface area contributed by atoms with Gasteiger partial charge in [-0.15, -0.1) is 0 Å². The van der Waals surface area contributed by atoms with Gasteiger partial charge in [0, 0.05) is 50.9 Å². The molecule has 1 aromatic carbocycles. The Morgan fingerprint density at radius 1 is 1.00 bits per heavy atom. The van der Waals surface area contributed by atoms with E-state index in [1.165, 1.54) is 4.31 Å². The van der Waals surface area contributed by atoms with Crippen molar-refractivity contribution in [1.29, 1.82) is 0 Å². The molecular formula is C21H32N4O4S. The molecule has 8 nitrogen and oxygen atoms in total. The van der Waals surface area contributed by atoms with Crippen LogP contribution in [-0.2, 0) is 14.8 Å². The van der Waals surface area contributed by atoms with E-state index in [2.05, 4.69) is 5.32 Å². The van der Waals surface area contributed by atoms with Crippen LogP contribution < -0.4 is 5.32 Å². The van der Waals surface area contributed by atoms with E-state index in [-0.39, 0.29) is 22.8 Å². The molecule has 0 atom stereocenters. The molecule has 2 aliphatic heterocycles. The summed E-state index contributed by atoms with van der Waals surface area (Å²) in [6.07, 6.45) is 3.04. The number of likely N-dealkylation sites (tertiary alicyclic amines) is 1. The zero-order chi connectivity index (χ0) is 21.7. The van der Waals surface area contributed by atoms with E-state index in [1.54, 1.807) is 29.2 Å². The van der Waals surface area contributed by atoms with Gasteiger partial charge in [0.2, 0.25) is 15.9 Å². The lowest BCUT2D eigenvalue weighted by molar-refractivity contribution is -0.121. The first-order chi connectivity index (χ1) is 14.4. The molecule has 3 amide bonds. The van der Waals surface area contributed by atoms with Crippen LogP contribution >= 0.6 is 0 Å². The molecule has 2 fully saturated rings. The number of benzene rings is 1. The molecule has 2 heterocycles. The number of piperidine rings is 1. The maximum absolute atomic E-state index is 12.6. The third-order valence-corrected chi connectivity index (χ3v) is 7.91. The second-order valence-corrected chi connectivity index (χ2v) is 9.78. The van der Waals surface area contributed by atoms with Gasteiger partial charge in [-0.3, -0.25) is 4.79 Å². The summed E-state index contributed by atoms with van der Waals surface area (Å²) in [7, 11) is -3.45. The van der Waals surface area contributed by atoms with Crippen molar-refractivity contribution in [1.82, 2.24) is 14.1 Å². The first-order valence-electron chi connectivity index (χ1n) is 10.8. The number of nitrogens with zero attached hydrogens (tertiary/aromatic N) is 3. The molecule has 9 heteroatoms. The second-order valence-electron chi connectivity index (χ2n) is 7.84. The summed E-state index contributed by atoms with van der Waals surface area (Å²) in [4.78, 5) is 28.9. The smallest absolute Gasteiger partial charge is 0.319 e. The van der Waals surface area contributed by atoms with Crippen LogP contribution in [0.4, 0.5) is 10.5 Å². The molecule has 0 radical (unpaired) electrons. The van der Waals surface area contributed by atoms with Crippen LogP contribution in [-0.4, -0.2) is 73.7 Å². The SMILES string of the molecule is CCN(CC)C(=O)N1CCC(C(=O)Nc2ccc(S(=O)(=O)N3CCCC3)cc2)CC1. The number of anilines is 1. The minimum atomic E-state index is -3.45. The second kappa shape index (κ2) is 9.78. The summed E-state index contributed by atoms with van der Waals surface area (Å²) in [5, 5.41) is 2.89. The summed E-state index contributed by atoms with van der Waals surface area (Å²) in [5.74, 6) is -0.237. The Morgan fingerprint density at radius 2 is 1.57 bits per heavy atom. The Bertz CT molecular complexity index is 838. The lowest BCUT2D eigenvalue weighted by atomic mass is 9.96. The van der Waals surface area contributed by atoms with Crippen LogP contribution in [0.25, 0.3) is 0 Å². The van der Waals surface area contributed by atoms with Crippen LogP contribution in [0.15, 0.2) is 29.2 Å². The van der Waals surface area contributed by atoms with Gasteiger partial charge in [-0.2, -0.15) is 4.31 Å². The number of hydrogen-bond acceptors (Lipinski definition) is 4. The topological polar surface area (TPSA) is 90.0 Å². The Morgan fingerprint density at radius 3 is 2.10 bits per heavy atom. The van der Waals surface area contributed by atoms with E-state index in [0.29, 0.717) is 57.8 Å². The lowest BCUT2D eigenvalue weighted by Crippen LogP contribution is -2.47. The highest BCUT2D eigenvalue weighted by molar-refractivity contribution is 7.89. The highest BCUT2D eigenvalue weighted by Gasteiger charge is 2.29. The molecule has 166 valence electrons. The Labute approximate surface area is 179 Å². The molecule has 0 spiro atoms. The summed E-state index contributed by atoms with van der Waals surface area (Å²) < 4.78 is 26.7. The highest BCUT2D eigenvalue weighted by atomic mass is 32.2. The average Bonchev–Trinajstić information content (AvgIpc) is 3.31. The average molecular weight is 437 g/mol. The molecule has 0 unspecified atom stereocenters. The van der Waals surface area contributed by atoms with Crippen LogP contribution in [0.3, 0.4) is 0 Å². The molecule has 0 aromatic heterocycles. The van der Waals surface area contributed by atoms with E-state index >= 15 is 0 Å². The largest absolute Gasteiger partial charge is 0.326 e. The molecule has 0 aliphatic carbocycles. The number of amides is 3. The Kier molecular flexibility index (Phi) is 7.36. The predicted octanol–water partition coefficient (Wildman–Crippen LogP) is 2.58. The standard InChI is InChI=1S/C21H32N4O4S/c1-3-23(4-2)21(27)24-15-11-17(12-16-24)20(26)22-18-7-9-19(10-8-18)30(28,29)25-13-5-6-14-25/h7-10,17H,3-6,11-16H2,1-2H3,(H,22,26). The van der Waals surface area contributed by atoms with Crippen LogP contribution in [0, 0.1) is 5.92 Å². The lowest BCUT2D eigenvalue weighted by Gasteiger charge is -2.34. The molecule has 2 saturated heterocycles. The van der Waals surface area contributed by atoms with Crippen LogP contribution in [0.2, 0.25) is 0 Å². The van der Waals surface area contributed by atoms with Gasteiger partial charge in [-0.05, 0) is 63.8 Å². The van der Waals surface area contributed by atoms with E-state index in [9.17, 15) is 18.0 Å². The van der Waals surface area contributed by atoms with Crippen molar-refractivity contribution in [3.05, 3.63) is 24.3 Å². The van der Waals surface area contributed by atoms with Gasteiger partial charge >= 0.3 is 6.03 Å². The molecule has 1 N–H and O–H groups in total. The first kappa shape index (κ1) is 22.6. The number of carbonyl (C=O) groups excluding carboxylic acids is 2. The monoisotopic (exact) mass is 436 g/mol. The third-order valence-electron chi connectivity index (χ3n) is 5.99. The number of hydrogen-bond donors (Lipinski definition) is 1. The maximum Gasteiger partial charge on any atom is 0.319 e. The number of rotatable bonds is 6. The molecule has 3 rings (SSSR count). The van der Waals surface area contributed by atoms with Gasteiger partial charge in [-0.1, -0.05) is 0 Å².